The van der Waals surface area contributed by atoms with Gasteiger partial charge in [0.25, 0.3) is 5.91 Å². The summed E-state index contributed by atoms with van der Waals surface area (Å²) in [4.78, 5) is 16.3. The second-order valence-electron chi connectivity index (χ2n) is 8.40. The predicted octanol–water partition coefficient (Wildman–Crippen LogP) is 4.90. The number of nitrogens with one attached hydrogen (secondary N) is 1. The lowest BCUT2D eigenvalue weighted by Gasteiger charge is -2.54. The van der Waals surface area contributed by atoms with E-state index >= 15 is 0 Å². The Morgan fingerprint density at radius 2 is 1.83 bits per heavy atom. The van der Waals surface area contributed by atoms with E-state index < -0.39 is 0 Å². The number of nitrogens with zero attached hydrogens (tertiary/aromatic N) is 1. The van der Waals surface area contributed by atoms with Gasteiger partial charge in [0.15, 0.2) is 5.17 Å². The van der Waals surface area contributed by atoms with Crippen molar-refractivity contribution in [3.8, 4) is 0 Å². The molecule has 0 saturated heterocycles. The Labute approximate surface area is 145 Å². The highest BCUT2D eigenvalue weighted by Crippen LogP contribution is 2.55. The summed E-state index contributed by atoms with van der Waals surface area (Å²) in [7, 11) is 0. The standard InChI is InChI=1S/C19H32N2OS/c1-4-5-6-7-18-8-11-19(12-9-18,13-10-18)21-17-20-16(22)15(23-17)14(2)3/h14-15H,4-13H2,1-3H3,(H,20,21,22)/t15-,18?,19?/m0/s1. The van der Waals surface area contributed by atoms with Gasteiger partial charge in [-0.2, -0.15) is 4.99 Å². The van der Waals surface area contributed by atoms with Crippen molar-refractivity contribution in [1.82, 2.24) is 5.32 Å². The first-order valence-corrected chi connectivity index (χ1v) is 10.4. The molecule has 0 aromatic heterocycles. The minimum atomic E-state index is 0.0224. The van der Waals surface area contributed by atoms with Crippen molar-refractivity contribution in [2.24, 2.45) is 16.3 Å². The smallest absolute Gasteiger partial charge is 0.261 e. The first kappa shape index (κ1) is 17.3. The summed E-state index contributed by atoms with van der Waals surface area (Å²) < 4.78 is 0. The number of carbonyl (C=O) groups is 1. The van der Waals surface area contributed by atoms with Crippen LogP contribution in [-0.4, -0.2) is 21.9 Å². The molecule has 1 N–H and O–H groups in total. The Kier molecular flexibility index (Phi) is 5.10. The summed E-state index contributed by atoms with van der Waals surface area (Å²) in [5, 5.41) is 4.63. The van der Waals surface area contributed by atoms with Gasteiger partial charge in [0.2, 0.25) is 0 Å². The fraction of sp³-hybridized carbons (Fsp3) is 0.895. The molecular weight excluding hydrogens is 304 g/mol. The zero-order chi connectivity index (χ0) is 16.5. The lowest BCUT2D eigenvalue weighted by molar-refractivity contribution is -0.117. The van der Waals surface area contributed by atoms with Crippen LogP contribution in [0.25, 0.3) is 0 Å². The summed E-state index contributed by atoms with van der Waals surface area (Å²) in [6, 6.07) is 0. The SMILES string of the molecule is CCCCCC12CCC(NC3=NC(=O)[C@H](C(C)C)S3)(CC1)CC2. The molecule has 3 fully saturated rings. The Bertz CT molecular complexity index is 461. The van der Waals surface area contributed by atoms with E-state index in [1.807, 2.05) is 0 Å². The topological polar surface area (TPSA) is 41.5 Å². The molecule has 1 aliphatic heterocycles. The van der Waals surface area contributed by atoms with Gasteiger partial charge in [-0.25, -0.2) is 0 Å². The Hall–Kier alpha value is -0.510. The summed E-state index contributed by atoms with van der Waals surface area (Å²) in [6.45, 7) is 6.51. The van der Waals surface area contributed by atoms with Crippen molar-refractivity contribution < 1.29 is 4.79 Å². The van der Waals surface area contributed by atoms with Crippen LogP contribution in [0.5, 0.6) is 0 Å². The minimum absolute atomic E-state index is 0.0224. The van der Waals surface area contributed by atoms with Gasteiger partial charge in [-0.05, 0) is 56.3 Å². The van der Waals surface area contributed by atoms with Crippen molar-refractivity contribution >= 4 is 22.8 Å². The fourth-order valence-electron chi connectivity index (χ4n) is 4.64. The number of carbonyl (C=O) groups excluding carboxylic acids is 1. The van der Waals surface area contributed by atoms with E-state index in [0.717, 1.165) is 5.17 Å². The lowest BCUT2D eigenvalue weighted by atomic mass is 9.56. The van der Waals surface area contributed by atoms with Crippen LogP contribution in [0.3, 0.4) is 0 Å². The molecule has 0 aromatic rings. The first-order chi connectivity index (χ1) is 11.0. The number of fused-ring (bicyclic) bond motifs is 3. The van der Waals surface area contributed by atoms with Crippen molar-refractivity contribution in [3.63, 3.8) is 0 Å². The number of thioether (sulfide) groups is 1. The van der Waals surface area contributed by atoms with Crippen LogP contribution in [0.15, 0.2) is 4.99 Å². The number of unbranched alkanes of at least 4 members (excludes halogenated alkanes) is 2. The molecule has 0 spiro atoms. The highest BCUT2D eigenvalue weighted by molar-refractivity contribution is 8.15. The molecule has 3 nitrogen and oxygen atoms in total. The molecule has 1 amide bonds. The third kappa shape index (κ3) is 3.62. The average molecular weight is 337 g/mol. The van der Waals surface area contributed by atoms with Crippen molar-refractivity contribution in [1.29, 1.82) is 0 Å². The van der Waals surface area contributed by atoms with E-state index in [4.69, 9.17) is 0 Å². The molecular formula is C19H32N2OS. The van der Waals surface area contributed by atoms with E-state index in [1.54, 1.807) is 11.8 Å². The molecule has 3 aliphatic carbocycles. The normalized spacial score (nSPS) is 36.6. The molecule has 2 bridgehead atoms. The molecule has 23 heavy (non-hydrogen) atoms. The van der Waals surface area contributed by atoms with Crippen molar-refractivity contribution in [3.05, 3.63) is 0 Å². The van der Waals surface area contributed by atoms with E-state index in [9.17, 15) is 4.79 Å². The first-order valence-electron chi connectivity index (χ1n) is 9.55. The second-order valence-corrected chi connectivity index (χ2v) is 9.53. The number of hydrogen-bond acceptors (Lipinski definition) is 3. The molecule has 4 heteroatoms. The van der Waals surface area contributed by atoms with Crippen LogP contribution in [0.1, 0.15) is 85.0 Å². The maximum atomic E-state index is 12.0. The molecule has 4 rings (SSSR count). The number of hydrogen-bond donors (Lipinski definition) is 1. The molecule has 130 valence electrons. The molecule has 3 saturated carbocycles. The second kappa shape index (κ2) is 6.78. The van der Waals surface area contributed by atoms with Crippen LogP contribution in [-0.2, 0) is 4.79 Å². The van der Waals surface area contributed by atoms with Gasteiger partial charge < -0.3 is 5.32 Å². The Balaban J connectivity index is 1.56. The van der Waals surface area contributed by atoms with Gasteiger partial charge in [0.05, 0.1) is 5.25 Å². The van der Waals surface area contributed by atoms with Crippen LogP contribution < -0.4 is 5.32 Å². The lowest BCUT2D eigenvalue weighted by Crippen LogP contribution is -2.56. The molecule has 0 radical (unpaired) electrons. The number of amidine groups is 1. The molecule has 0 unspecified atom stereocenters. The number of rotatable bonds is 6. The number of amides is 1. The summed E-state index contributed by atoms with van der Waals surface area (Å²) in [5.74, 6) is 0.418. The number of aliphatic imine (C=N–C) groups is 1. The van der Waals surface area contributed by atoms with Crippen LogP contribution in [0, 0.1) is 11.3 Å². The zero-order valence-electron chi connectivity index (χ0n) is 15.0. The summed E-state index contributed by atoms with van der Waals surface area (Å²) in [5.41, 5.74) is 0.865. The highest BCUT2D eigenvalue weighted by atomic mass is 32.2. The van der Waals surface area contributed by atoms with Gasteiger partial charge in [-0.3, -0.25) is 4.79 Å². The van der Waals surface area contributed by atoms with Crippen LogP contribution >= 0.6 is 11.8 Å². The van der Waals surface area contributed by atoms with Gasteiger partial charge in [0.1, 0.15) is 0 Å². The monoisotopic (exact) mass is 336 g/mol. The maximum absolute atomic E-state index is 12.0. The fourth-order valence-corrected chi connectivity index (χ4v) is 5.73. The van der Waals surface area contributed by atoms with Gasteiger partial charge in [-0.1, -0.05) is 51.8 Å². The third-order valence-corrected chi connectivity index (χ3v) is 7.80. The van der Waals surface area contributed by atoms with Crippen molar-refractivity contribution in [2.75, 3.05) is 0 Å². The quantitative estimate of drug-likeness (QED) is 0.701. The van der Waals surface area contributed by atoms with Crippen molar-refractivity contribution in [2.45, 2.75) is 95.8 Å². The summed E-state index contributed by atoms with van der Waals surface area (Å²) in [6.07, 6.45) is 13.4. The highest BCUT2D eigenvalue weighted by Gasteiger charge is 2.49. The Morgan fingerprint density at radius 1 is 1.17 bits per heavy atom. The minimum Gasteiger partial charge on any atom is -0.359 e. The molecule has 4 aliphatic rings. The van der Waals surface area contributed by atoms with Gasteiger partial charge in [0, 0.05) is 5.54 Å². The zero-order valence-corrected chi connectivity index (χ0v) is 15.8. The van der Waals surface area contributed by atoms with Gasteiger partial charge >= 0.3 is 0 Å². The van der Waals surface area contributed by atoms with E-state index in [-0.39, 0.29) is 16.7 Å². The average Bonchev–Trinajstić information content (AvgIpc) is 2.90. The van der Waals surface area contributed by atoms with E-state index in [2.05, 4.69) is 31.1 Å². The Morgan fingerprint density at radius 3 is 2.35 bits per heavy atom. The predicted molar refractivity (Wildman–Crippen MR) is 98.8 cm³/mol. The molecule has 1 heterocycles. The largest absolute Gasteiger partial charge is 0.359 e. The maximum Gasteiger partial charge on any atom is 0.261 e. The summed E-state index contributed by atoms with van der Waals surface area (Å²) >= 11 is 1.66. The third-order valence-electron chi connectivity index (χ3n) is 6.38. The van der Waals surface area contributed by atoms with Gasteiger partial charge in [-0.15, -0.1) is 0 Å². The van der Waals surface area contributed by atoms with E-state index in [1.165, 1.54) is 64.2 Å². The molecule has 1 atom stereocenters. The molecule has 0 aromatic carbocycles. The van der Waals surface area contributed by atoms with Crippen LogP contribution in [0.2, 0.25) is 0 Å². The van der Waals surface area contributed by atoms with E-state index in [0.29, 0.717) is 11.3 Å². The van der Waals surface area contributed by atoms with Crippen LogP contribution in [0.4, 0.5) is 0 Å².